The molecule has 0 aliphatic carbocycles. The van der Waals surface area contributed by atoms with Crippen LogP contribution in [0.1, 0.15) is 29.7 Å². The van der Waals surface area contributed by atoms with Gasteiger partial charge in [-0.2, -0.15) is 5.26 Å². The van der Waals surface area contributed by atoms with E-state index >= 15 is 0 Å². The van der Waals surface area contributed by atoms with Gasteiger partial charge in [0.1, 0.15) is 6.07 Å². The van der Waals surface area contributed by atoms with Gasteiger partial charge in [0.25, 0.3) is 5.69 Å². The molecule has 0 bridgehead atoms. The summed E-state index contributed by atoms with van der Waals surface area (Å²) < 4.78 is 0. The van der Waals surface area contributed by atoms with Crippen LogP contribution < -0.4 is 5.32 Å². The van der Waals surface area contributed by atoms with Crippen LogP contribution >= 0.6 is 0 Å². The maximum atomic E-state index is 10.8. The average Bonchev–Trinajstić information content (AvgIpc) is 2.47. The van der Waals surface area contributed by atoms with E-state index in [-0.39, 0.29) is 11.7 Å². The molecule has 0 saturated carbocycles. The summed E-state index contributed by atoms with van der Waals surface area (Å²) in [5.41, 5.74) is 3.08. The number of rotatable bonds is 4. The molecule has 0 saturated heterocycles. The van der Waals surface area contributed by atoms with Gasteiger partial charge in [0.15, 0.2) is 0 Å². The topological polar surface area (TPSA) is 79.0 Å². The van der Waals surface area contributed by atoms with Gasteiger partial charge in [-0.3, -0.25) is 10.1 Å². The van der Waals surface area contributed by atoms with Gasteiger partial charge in [-0.05, 0) is 31.0 Å². The summed E-state index contributed by atoms with van der Waals surface area (Å²) in [6, 6.07) is 14.1. The quantitative estimate of drug-likeness (QED) is 0.679. The first-order chi connectivity index (χ1) is 10.0. The smallest absolute Gasteiger partial charge is 0.269 e. The number of anilines is 1. The number of nitro groups is 1. The molecule has 106 valence electrons. The second-order valence-corrected chi connectivity index (χ2v) is 4.83. The Morgan fingerprint density at radius 2 is 2.00 bits per heavy atom. The first-order valence-electron chi connectivity index (χ1n) is 6.53. The Morgan fingerprint density at radius 1 is 1.29 bits per heavy atom. The number of aryl methyl sites for hydroxylation is 1. The summed E-state index contributed by atoms with van der Waals surface area (Å²) >= 11 is 0. The molecule has 0 fully saturated rings. The number of nitrogens with one attached hydrogen (secondary N) is 1. The Hall–Kier alpha value is -2.87. The van der Waals surface area contributed by atoms with Crippen molar-refractivity contribution >= 4 is 11.4 Å². The molecule has 5 heteroatoms. The van der Waals surface area contributed by atoms with Gasteiger partial charge in [0.2, 0.25) is 0 Å². The molecule has 5 nitrogen and oxygen atoms in total. The second kappa shape index (κ2) is 6.06. The van der Waals surface area contributed by atoms with Crippen molar-refractivity contribution in [1.29, 1.82) is 5.26 Å². The van der Waals surface area contributed by atoms with Crippen molar-refractivity contribution in [2.24, 2.45) is 0 Å². The lowest BCUT2D eigenvalue weighted by Gasteiger charge is -2.17. The number of hydrogen-bond donors (Lipinski definition) is 1. The molecular formula is C16H15N3O2. The highest BCUT2D eigenvalue weighted by atomic mass is 16.6. The summed E-state index contributed by atoms with van der Waals surface area (Å²) in [5.74, 6) is 0. The van der Waals surface area contributed by atoms with Crippen molar-refractivity contribution in [2.45, 2.75) is 19.9 Å². The van der Waals surface area contributed by atoms with E-state index in [1.807, 2.05) is 38.1 Å². The van der Waals surface area contributed by atoms with Crippen molar-refractivity contribution in [3.05, 3.63) is 69.3 Å². The second-order valence-electron chi connectivity index (χ2n) is 4.83. The fraction of sp³-hybridized carbons (Fsp3) is 0.188. The zero-order chi connectivity index (χ0) is 15.4. The van der Waals surface area contributed by atoms with Crippen LogP contribution in [0.4, 0.5) is 11.4 Å². The van der Waals surface area contributed by atoms with E-state index in [1.165, 1.54) is 6.07 Å². The van der Waals surface area contributed by atoms with Crippen molar-refractivity contribution in [3.8, 4) is 6.07 Å². The molecule has 0 amide bonds. The minimum Gasteiger partial charge on any atom is -0.377 e. The van der Waals surface area contributed by atoms with Gasteiger partial charge in [0.05, 0.1) is 16.2 Å². The van der Waals surface area contributed by atoms with E-state index in [9.17, 15) is 15.4 Å². The zero-order valence-electron chi connectivity index (χ0n) is 11.8. The van der Waals surface area contributed by atoms with Gasteiger partial charge in [-0.1, -0.05) is 24.3 Å². The first-order valence-corrected chi connectivity index (χ1v) is 6.53. The van der Waals surface area contributed by atoms with E-state index in [1.54, 1.807) is 12.1 Å². The highest BCUT2D eigenvalue weighted by molar-refractivity contribution is 5.61. The Bertz CT molecular complexity index is 720. The summed E-state index contributed by atoms with van der Waals surface area (Å²) in [7, 11) is 0. The molecule has 2 rings (SSSR count). The minimum absolute atomic E-state index is 0.0610. The van der Waals surface area contributed by atoms with E-state index in [2.05, 4.69) is 11.4 Å². The van der Waals surface area contributed by atoms with Gasteiger partial charge >= 0.3 is 0 Å². The molecule has 2 aromatic rings. The fourth-order valence-electron chi connectivity index (χ4n) is 2.16. The molecule has 0 aliphatic heterocycles. The van der Waals surface area contributed by atoms with Crippen LogP contribution in [-0.4, -0.2) is 4.92 Å². The Kier molecular flexibility index (Phi) is 4.19. The maximum Gasteiger partial charge on any atom is 0.269 e. The Balaban J connectivity index is 2.29. The van der Waals surface area contributed by atoms with Gasteiger partial charge in [-0.25, -0.2) is 0 Å². The third-order valence-corrected chi connectivity index (χ3v) is 3.34. The van der Waals surface area contributed by atoms with Gasteiger partial charge in [0, 0.05) is 18.2 Å². The molecule has 1 unspecified atom stereocenters. The largest absolute Gasteiger partial charge is 0.377 e. The average molecular weight is 281 g/mol. The van der Waals surface area contributed by atoms with E-state index in [0.717, 1.165) is 16.8 Å². The van der Waals surface area contributed by atoms with Gasteiger partial charge in [-0.15, -0.1) is 0 Å². The molecule has 0 spiro atoms. The molecule has 0 radical (unpaired) electrons. The third-order valence-electron chi connectivity index (χ3n) is 3.34. The third kappa shape index (κ3) is 3.18. The normalized spacial score (nSPS) is 11.5. The number of nitro benzene ring substituents is 1. The molecular weight excluding hydrogens is 266 g/mol. The highest BCUT2D eigenvalue weighted by Gasteiger charge is 2.13. The predicted octanol–water partition coefficient (Wildman–Crippen LogP) is 3.95. The number of nitriles is 1. The van der Waals surface area contributed by atoms with Gasteiger partial charge < -0.3 is 5.32 Å². The summed E-state index contributed by atoms with van der Waals surface area (Å²) in [6.45, 7) is 3.78. The maximum absolute atomic E-state index is 10.8. The molecule has 0 aromatic heterocycles. The predicted molar refractivity (Wildman–Crippen MR) is 81.0 cm³/mol. The van der Waals surface area contributed by atoms with Crippen molar-refractivity contribution in [2.75, 3.05) is 5.32 Å². The van der Waals surface area contributed by atoms with Crippen LogP contribution in [0.2, 0.25) is 0 Å². The molecule has 2 aromatic carbocycles. The lowest BCUT2D eigenvalue weighted by Crippen LogP contribution is -2.08. The van der Waals surface area contributed by atoms with Crippen LogP contribution in [0.3, 0.4) is 0 Å². The van der Waals surface area contributed by atoms with Crippen LogP contribution in [0.25, 0.3) is 0 Å². The van der Waals surface area contributed by atoms with Crippen molar-refractivity contribution in [1.82, 2.24) is 0 Å². The molecule has 0 heterocycles. The van der Waals surface area contributed by atoms with Crippen LogP contribution in [0.5, 0.6) is 0 Å². The molecule has 0 aliphatic rings. The van der Waals surface area contributed by atoms with E-state index in [0.29, 0.717) is 5.56 Å². The fourth-order valence-corrected chi connectivity index (χ4v) is 2.16. The molecule has 21 heavy (non-hydrogen) atoms. The lowest BCUT2D eigenvalue weighted by atomic mass is 10.0. The van der Waals surface area contributed by atoms with Crippen molar-refractivity contribution in [3.63, 3.8) is 0 Å². The number of non-ortho nitro benzene ring substituents is 1. The molecule has 1 N–H and O–H groups in total. The Labute approximate surface area is 123 Å². The van der Waals surface area contributed by atoms with Crippen molar-refractivity contribution < 1.29 is 4.92 Å². The van der Waals surface area contributed by atoms with E-state index in [4.69, 9.17) is 0 Å². The summed E-state index contributed by atoms with van der Waals surface area (Å²) in [6.07, 6.45) is 0. The lowest BCUT2D eigenvalue weighted by molar-refractivity contribution is -0.384. The SMILES string of the molecule is Cc1cccc(NC(C)c2cccc([N+](=O)[O-])c2)c1C#N. The number of nitrogens with zero attached hydrogens (tertiary/aromatic N) is 2. The Morgan fingerprint density at radius 3 is 2.67 bits per heavy atom. The highest BCUT2D eigenvalue weighted by Crippen LogP contribution is 2.25. The number of benzene rings is 2. The van der Waals surface area contributed by atoms with E-state index < -0.39 is 4.92 Å². The monoisotopic (exact) mass is 281 g/mol. The van der Waals surface area contributed by atoms with Crippen LogP contribution in [0.15, 0.2) is 42.5 Å². The molecule has 1 atom stereocenters. The minimum atomic E-state index is -0.413. The first kappa shape index (κ1) is 14.5. The standard InChI is InChI=1S/C16H15N3O2/c1-11-5-3-8-16(15(11)10-17)18-12(2)13-6-4-7-14(9-13)19(20)21/h3-9,12,18H,1-2H3. The number of hydrogen-bond acceptors (Lipinski definition) is 4. The van der Waals surface area contributed by atoms with Crippen LogP contribution in [0, 0.1) is 28.4 Å². The summed E-state index contributed by atoms with van der Waals surface area (Å²) in [4.78, 5) is 10.4. The summed E-state index contributed by atoms with van der Waals surface area (Å²) in [5, 5.41) is 23.3. The zero-order valence-corrected chi connectivity index (χ0v) is 11.8. The van der Waals surface area contributed by atoms with Crippen LogP contribution in [-0.2, 0) is 0 Å².